The second kappa shape index (κ2) is 3.94. The molecule has 0 spiro atoms. The molecule has 2 nitrogen and oxygen atoms in total. The number of benzene rings is 2. The van der Waals surface area contributed by atoms with E-state index in [2.05, 4.69) is 0 Å². The Morgan fingerprint density at radius 3 is 1.57 bits per heavy atom. The van der Waals surface area contributed by atoms with E-state index in [-0.39, 0.29) is 5.06 Å². The van der Waals surface area contributed by atoms with Crippen LogP contribution in [0.25, 0.3) is 0 Å². The molecule has 0 saturated heterocycles. The van der Waals surface area contributed by atoms with Crippen LogP contribution < -0.4 is 5.06 Å². The van der Waals surface area contributed by atoms with Gasteiger partial charge in [-0.15, -0.1) is 0 Å². The lowest BCUT2D eigenvalue weighted by molar-refractivity contribution is 1.30. The molecule has 2 rings (SSSR count). The van der Waals surface area contributed by atoms with E-state index in [0.717, 1.165) is 12.1 Å². The minimum absolute atomic E-state index is 0.0819. The highest BCUT2D eigenvalue weighted by Crippen LogP contribution is 2.22. The number of hydrogen-bond donors (Lipinski definition) is 0. The minimum Gasteiger partial charge on any atom is -0.754 e. The van der Waals surface area contributed by atoms with E-state index in [1.54, 1.807) is 0 Å². The quantitative estimate of drug-likeness (QED) is 0.540. The average Bonchev–Trinajstić information content (AvgIpc) is 2.44. The molecule has 14 heavy (non-hydrogen) atoms. The fourth-order valence-corrected chi connectivity index (χ4v) is 0.867. The number of rotatable bonds is 2. The molecule has 0 aliphatic rings. The van der Waals surface area contributed by atoms with Gasteiger partial charge in [-0.2, -0.15) is 0 Å². The van der Waals surface area contributed by atoms with E-state index < -0.39 is 59.7 Å². The van der Waals surface area contributed by atoms with Gasteiger partial charge in [0.1, 0.15) is 0 Å². The molecule has 2 heteroatoms. The summed E-state index contributed by atoms with van der Waals surface area (Å²) in [6.07, 6.45) is 0. The van der Waals surface area contributed by atoms with Crippen molar-refractivity contribution in [3.05, 3.63) is 65.7 Å². The van der Waals surface area contributed by atoms with Gasteiger partial charge in [0.2, 0.25) is 0 Å². The molecule has 0 bridgehead atoms. The Balaban J connectivity index is 2.77. The molecule has 0 fully saturated rings. The molecule has 0 aliphatic heterocycles. The van der Waals surface area contributed by atoms with Crippen molar-refractivity contribution in [3.8, 4) is 0 Å². The summed E-state index contributed by atoms with van der Waals surface area (Å²) in [6, 6.07) is -2.33. The van der Waals surface area contributed by atoms with Crippen molar-refractivity contribution in [2.75, 3.05) is 5.06 Å². The van der Waals surface area contributed by atoms with Crippen LogP contribution in [0.15, 0.2) is 60.5 Å². The summed E-state index contributed by atoms with van der Waals surface area (Å²) in [6.45, 7) is 0. The molecule has 0 aromatic heterocycles. The second-order valence-electron chi connectivity index (χ2n) is 2.36. The Hall–Kier alpha value is -1.80. The van der Waals surface area contributed by atoms with Crippen molar-refractivity contribution < 1.29 is 11.0 Å². The predicted molar refractivity (Wildman–Crippen MR) is 58.4 cm³/mol. The molecule has 2 aromatic rings. The standard InChI is InChI=1S/C12H10NO/c14-13(11-7-3-1-4-8-11)12-9-5-2-6-10-12/h1-10H/q-1/i3D,4D,5D,6D,7D,8D,9D,10D,13+1. The zero-order chi connectivity index (χ0) is 16.8. The van der Waals surface area contributed by atoms with Gasteiger partial charge in [-0.1, -0.05) is 36.3 Å². The first kappa shape index (κ1) is 3.41. The number of nitrogens with zero attached hydrogens (tertiary/aromatic N) is 1. The fraction of sp³-hybridized carbons (Fsp3) is 0. The summed E-state index contributed by atoms with van der Waals surface area (Å²) in [5.74, 6) is 0. The number of hydrogen-bond acceptors (Lipinski definition) is 2. The van der Waals surface area contributed by atoms with E-state index in [9.17, 15) is 5.21 Å². The van der Waals surface area contributed by atoms with Gasteiger partial charge in [0.25, 0.3) is 0 Å². The van der Waals surface area contributed by atoms with Crippen LogP contribution >= 0.6 is 0 Å². The minimum atomic E-state index is -0.649. The van der Waals surface area contributed by atoms with Gasteiger partial charge in [-0.05, 0) is 24.2 Å². The SMILES string of the molecule is [2H]c1cc([2H])c([2H])c([15N]([O-])c2c([2H])c([2H])cc([2H])c2[2H])c1[2H]. The number of anilines is 2. The first-order valence-corrected chi connectivity index (χ1v) is 3.78. The van der Waals surface area contributed by atoms with E-state index in [0.29, 0.717) is 0 Å². The molecule has 0 heterocycles. The topological polar surface area (TPSA) is 26.3 Å². The van der Waals surface area contributed by atoms with Gasteiger partial charge in [-0.25, -0.2) is 0 Å². The molecule has 70 valence electrons. The molecule has 0 unspecified atom stereocenters. The molecular weight excluding hydrogens is 175 g/mol. The Kier molecular flexibility index (Phi) is 0.958. The van der Waals surface area contributed by atoms with Gasteiger partial charge >= 0.3 is 0 Å². The highest BCUT2D eigenvalue weighted by atomic mass is 16.8. The predicted octanol–water partition coefficient (Wildman–Crippen LogP) is 3.32. The zero-order valence-electron chi connectivity index (χ0n) is 15.0. The van der Waals surface area contributed by atoms with E-state index >= 15 is 0 Å². The molecule has 0 radical (unpaired) electrons. The average molecular weight is 193 g/mol. The first-order valence-electron chi connectivity index (χ1n) is 7.78. The summed E-state index contributed by atoms with van der Waals surface area (Å²) in [7, 11) is 0. The van der Waals surface area contributed by atoms with Gasteiger partial charge in [-0.3, -0.25) is 0 Å². The summed E-state index contributed by atoms with van der Waals surface area (Å²) < 4.78 is 60.9. The van der Waals surface area contributed by atoms with Gasteiger partial charge in [0, 0.05) is 11.4 Å². The smallest absolute Gasteiger partial charge is 0.0644 e. The van der Waals surface area contributed by atoms with Crippen LogP contribution in [0, 0.1) is 5.21 Å². The monoisotopic (exact) mass is 193 g/mol. The highest BCUT2D eigenvalue weighted by molar-refractivity contribution is 5.63. The van der Waals surface area contributed by atoms with E-state index in [1.165, 1.54) is 0 Å². The Morgan fingerprint density at radius 1 is 0.857 bits per heavy atom. The van der Waals surface area contributed by atoms with Crippen molar-refractivity contribution in [2.45, 2.75) is 0 Å². The maximum atomic E-state index is 12.4. The molecular formula is C12H10NO-. The fourth-order valence-electron chi connectivity index (χ4n) is 0.867. The first-order chi connectivity index (χ1) is 10.2. The zero-order valence-corrected chi connectivity index (χ0v) is 7.01. The maximum Gasteiger partial charge on any atom is 0.0644 e. The molecule has 0 aliphatic carbocycles. The van der Waals surface area contributed by atoms with Gasteiger partial charge in [0.15, 0.2) is 0 Å². The lowest BCUT2D eigenvalue weighted by Gasteiger charge is -2.30. The van der Waals surface area contributed by atoms with Crippen molar-refractivity contribution in [3.63, 3.8) is 0 Å². The summed E-state index contributed by atoms with van der Waals surface area (Å²) >= 11 is 0. The van der Waals surface area contributed by atoms with Crippen LogP contribution in [0.4, 0.5) is 11.4 Å². The Morgan fingerprint density at radius 2 is 1.21 bits per heavy atom. The molecule has 2 aromatic carbocycles. The second-order valence-corrected chi connectivity index (χ2v) is 2.36. The van der Waals surface area contributed by atoms with Crippen LogP contribution in [-0.2, 0) is 0 Å². The van der Waals surface area contributed by atoms with Crippen LogP contribution in [0.2, 0.25) is 0 Å². The maximum absolute atomic E-state index is 12.4. The largest absolute Gasteiger partial charge is 0.754 e. The molecule has 0 amide bonds. The van der Waals surface area contributed by atoms with Crippen molar-refractivity contribution in [1.82, 2.24) is 0 Å². The van der Waals surface area contributed by atoms with Gasteiger partial charge < -0.3 is 10.3 Å². The van der Waals surface area contributed by atoms with Crippen LogP contribution in [0.5, 0.6) is 0 Å². The van der Waals surface area contributed by atoms with Gasteiger partial charge in [0.05, 0.1) is 11.0 Å². The third kappa shape index (κ3) is 1.75. The Bertz CT molecular complexity index is 648. The number of para-hydroxylation sites is 2. The summed E-state index contributed by atoms with van der Waals surface area (Å²) in [4.78, 5) is 0. The third-order valence-electron chi connectivity index (χ3n) is 1.46. The van der Waals surface area contributed by atoms with Crippen LogP contribution in [0.3, 0.4) is 0 Å². The van der Waals surface area contributed by atoms with Crippen molar-refractivity contribution in [2.24, 2.45) is 0 Å². The third-order valence-corrected chi connectivity index (χ3v) is 1.46. The molecule has 0 atom stereocenters. The van der Waals surface area contributed by atoms with E-state index in [1.807, 2.05) is 0 Å². The lowest BCUT2D eigenvalue weighted by atomic mass is 10.3. The highest BCUT2D eigenvalue weighted by Gasteiger charge is 1.95. The van der Waals surface area contributed by atoms with E-state index in [4.69, 9.17) is 11.0 Å². The van der Waals surface area contributed by atoms with Crippen molar-refractivity contribution >= 4 is 11.4 Å². The van der Waals surface area contributed by atoms with Crippen LogP contribution in [-0.4, -0.2) is 0 Å². The summed E-state index contributed by atoms with van der Waals surface area (Å²) in [5, 5.41) is 12.4. The normalized spacial score (nSPS) is 17.8. The lowest BCUT2D eigenvalue weighted by Crippen LogP contribution is -2.05. The Labute approximate surface area is 94.2 Å². The van der Waals surface area contributed by atoms with Crippen molar-refractivity contribution in [1.29, 1.82) is 0 Å². The van der Waals surface area contributed by atoms with Crippen LogP contribution in [0.1, 0.15) is 11.0 Å². The summed E-state index contributed by atoms with van der Waals surface area (Å²) in [5.41, 5.74) is -1.30. The molecule has 0 N–H and O–H groups in total. The molecule has 0 saturated carbocycles.